The number of rotatable bonds is 5. The predicted molar refractivity (Wildman–Crippen MR) is 71.1 cm³/mol. The molecule has 1 rings (SSSR count). The van der Waals surface area contributed by atoms with Gasteiger partial charge in [0.2, 0.25) is 0 Å². The van der Waals surface area contributed by atoms with E-state index in [1.807, 2.05) is 0 Å². The van der Waals surface area contributed by atoms with Crippen LogP contribution < -0.4 is 4.72 Å². The van der Waals surface area contributed by atoms with Gasteiger partial charge in [0.15, 0.2) is 0 Å². The molecular formula is C13H25NS. The summed E-state index contributed by atoms with van der Waals surface area (Å²) in [7, 11) is 0. The Morgan fingerprint density at radius 2 is 1.93 bits per heavy atom. The van der Waals surface area contributed by atoms with Crippen molar-refractivity contribution in [2.45, 2.75) is 58.4 Å². The quantitative estimate of drug-likeness (QED) is 0.559. The van der Waals surface area contributed by atoms with Crippen LogP contribution in [0.3, 0.4) is 0 Å². The number of hydrogen-bond acceptors (Lipinski definition) is 2. The minimum absolute atomic E-state index is 0.207. The van der Waals surface area contributed by atoms with Crippen LogP contribution in [-0.2, 0) is 0 Å². The molecule has 1 N–H and O–H groups in total. The molecule has 0 spiro atoms. The molecule has 0 radical (unpaired) electrons. The number of hydrogen-bond donors (Lipinski definition) is 1. The molecule has 0 aliphatic heterocycles. The van der Waals surface area contributed by atoms with Gasteiger partial charge in [-0.05, 0) is 33.1 Å². The zero-order valence-corrected chi connectivity index (χ0v) is 11.3. The van der Waals surface area contributed by atoms with Gasteiger partial charge in [0.1, 0.15) is 0 Å². The minimum atomic E-state index is 0.207. The van der Waals surface area contributed by atoms with Crippen LogP contribution in [0.15, 0.2) is 12.2 Å². The Kier molecular flexibility index (Phi) is 5.20. The van der Waals surface area contributed by atoms with Crippen molar-refractivity contribution in [2.24, 2.45) is 5.92 Å². The van der Waals surface area contributed by atoms with E-state index in [0.29, 0.717) is 0 Å². The van der Waals surface area contributed by atoms with E-state index < -0.39 is 0 Å². The van der Waals surface area contributed by atoms with Crippen molar-refractivity contribution < 1.29 is 0 Å². The van der Waals surface area contributed by atoms with Crippen LogP contribution in [0.2, 0.25) is 0 Å². The van der Waals surface area contributed by atoms with Crippen LogP contribution >= 0.6 is 11.9 Å². The zero-order chi connectivity index (χ0) is 11.3. The lowest BCUT2D eigenvalue weighted by Crippen LogP contribution is -2.30. The molecule has 0 amide bonds. The molecule has 15 heavy (non-hydrogen) atoms. The third kappa shape index (κ3) is 6.26. The van der Waals surface area contributed by atoms with Crippen LogP contribution in [0.1, 0.15) is 52.9 Å². The lowest BCUT2D eigenvalue weighted by Gasteiger charge is -2.20. The first-order valence-corrected chi connectivity index (χ1v) is 7.01. The summed E-state index contributed by atoms with van der Waals surface area (Å²) in [5.74, 6) is 2.00. The van der Waals surface area contributed by atoms with Crippen molar-refractivity contribution in [3.05, 3.63) is 12.2 Å². The first kappa shape index (κ1) is 13.1. The van der Waals surface area contributed by atoms with Crippen molar-refractivity contribution in [3.63, 3.8) is 0 Å². The summed E-state index contributed by atoms with van der Waals surface area (Å²) >= 11 is 1.80. The average molecular weight is 227 g/mol. The Balaban J connectivity index is 2.08. The minimum Gasteiger partial charge on any atom is -0.259 e. The lowest BCUT2D eigenvalue weighted by molar-refractivity contribution is 0.533. The SMILES string of the molecule is C=C(CSNC(C)(C)C)CC1CCCC1. The molecule has 1 aliphatic carbocycles. The van der Waals surface area contributed by atoms with Crippen molar-refractivity contribution in [3.8, 4) is 0 Å². The summed E-state index contributed by atoms with van der Waals surface area (Å²) in [5.41, 5.74) is 1.61. The maximum atomic E-state index is 4.18. The maximum absolute atomic E-state index is 4.18. The largest absolute Gasteiger partial charge is 0.259 e. The van der Waals surface area contributed by atoms with Gasteiger partial charge in [-0.2, -0.15) is 0 Å². The van der Waals surface area contributed by atoms with Crippen LogP contribution in [0.4, 0.5) is 0 Å². The monoisotopic (exact) mass is 227 g/mol. The van der Waals surface area contributed by atoms with E-state index in [1.54, 1.807) is 11.9 Å². The molecule has 0 aromatic carbocycles. The number of nitrogens with one attached hydrogen (secondary N) is 1. The second-order valence-electron chi connectivity index (χ2n) is 5.75. The van der Waals surface area contributed by atoms with Gasteiger partial charge in [-0.25, -0.2) is 0 Å². The smallest absolute Gasteiger partial charge is 0.0286 e. The highest BCUT2D eigenvalue weighted by Gasteiger charge is 2.16. The second kappa shape index (κ2) is 5.95. The predicted octanol–water partition coefficient (Wildman–Crippen LogP) is 4.16. The fraction of sp³-hybridized carbons (Fsp3) is 0.846. The van der Waals surface area contributed by atoms with Gasteiger partial charge in [0.25, 0.3) is 0 Å². The molecular weight excluding hydrogens is 202 g/mol. The van der Waals surface area contributed by atoms with Crippen molar-refractivity contribution in [2.75, 3.05) is 5.75 Å². The fourth-order valence-corrected chi connectivity index (χ4v) is 2.86. The van der Waals surface area contributed by atoms with Gasteiger partial charge in [-0.3, -0.25) is 4.72 Å². The highest BCUT2D eigenvalue weighted by molar-refractivity contribution is 7.97. The average Bonchev–Trinajstić information content (AvgIpc) is 2.54. The van der Waals surface area contributed by atoms with E-state index in [1.165, 1.54) is 37.7 Å². The Bertz CT molecular complexity index is 199. The van der Waals surface area contributed by atoms with Crippen molar-refractivity contribution >= 4 is 11.9 Å². The molecule has 0 aromatic heterocycles. The lowest BCUT2D eigenvalue weighted by atomic mass is 10.00. The standard InChI is InChI=1S/C13H25NS/c1-11(9-12-7-5-6-8-12)10-15-14-13(2,3)4/h12,14H,1,5-10H2,2-4H3. The summed E-state index contributed by atoms with van der Waals surface area (Å²) < 4.78 is 3.43. The van der Waals surface area contributed by atoms with Crippen LogP contribution in [0, 0.1) is 5.92 Å². The summed E-state index contributed by atoms with van der Waals surface area (Å²) in [6.07, 6.45) is 6.97. The summed E-state index contributed by atoms with van der Waals surface area (Å²) in [5, 5.41) is 0. The van der Waals surface area contributed by atoms with E-state index in [9.17, 15) is 0 Å². The zero-order valence-electron chi connectivity index (χ0n) is 10.4. The third-order valence-corrected chi connectivity index (χ3v) is 4.02. The Morgan fingerprint density at radius 3 is 2.47 bits per heavy atom. The normalized spacial score (nSPS) is 18.3. The Hall–Kier alpha value is 0.0500. The van der Waals surface area contributed by atoms with E-state index >= 15 is 0 Å². The molecule has 0 saturated heterocycles. The molecule has 1 fully saturated rings. The fourth-order valence-electron chi connectivity index (χ4n) is 2.04. The van der Waals surface area contributed by atoms with E-state index in [4.69, 9.17) is 0 Å². The van der Waals surface area contributed by atoms with Gasteiger partial charge in [-0.15, -0.1) is 0 Å². The summed E-state index contributed by atoms with van der Waals surface area (Å²) in [6.45, 7) is 10.8. The summed E-state index contributed by atoms with van der Waals surface area (Å²) in [4.78, 5) is 0. The van der Waals surface area contributed by atoms with E-state index in [2.05, 4.69) is 32.1 Å². The molecule has 0 bridgehead atoms. The highest BCUT2D eigenvalue weighted by Crippen LogP contribution is 2.30. The first-order chi connectivity index (χ1) is 6.97. The van der Waals surface area contributed by atoms with Gasteiger partial charge >= 0.3 is 0 Å². The van der Waals surface area contributed by atoms with Crippen molar-refractivity contribution in [1.82, 2.24) is 4.72 Å². The van der Waals surface area contributed by atoms with E-state index in [-0.39, 0.29) is 5.54 Å². The molecule has 88 valence electrons. The molecule has 0 atom stereocenters. The molecule has 2 heteroatoms. The molecule has 0 heterocycles. The third-order valence-electron chi connectivity index (χ3n) is 2.71. The van der Waals surface area contributed by atoms with Crippen molar-refractivity contribution in [1.29, 1.82) is 0 Å². The van der Waals surface area contributed by atoms with Gasteiger partial charge in [0.05, 0.1) is 0 Å². The molecule has 1 saturated carbocycles. The topological polar surface area (TPSA) is 12.0 Å². The highest BCUT2D eigenvalue weighted by atomic mass is 32.2. The molecule has 1 nitrogen and oxygen atoms in total. The van der Waals surface area contributed by atoms with Gasteiger partial charge < -0.3 is 0 Å². The van der Waals surface area contributed by atoms with Gasteiger partial charge in [-0.1, -0.05) is 49.8 Å². The molecule has 0 unspecified atom stereocenters. The molecule has 1 aliphatic rings. The van der Waals surface area contributed by atoms with Crippen LogP contribution in [0.25, 0.3) is 0 Å². The van der Waals surface area contributed by atoms with Gasteiger partial charge in [0, 0.05) is 11.3 Å². The first-order valence-electron chi connectivity index (χ1n) is 6.03. The second-order valence-corrected chi connectivity index (χ2v) is 6.53. The molecule has 0 aromatic rings. The van der Waals surface area contributed by atoms with Crippen LogP contribution in [-0.4, -0.2) is 11.3 Å². The van der Waals surface area contributed by atoms with Crippen LogP contribution in [0.5, 0.6) is 0 Å². The van der Waals surface area contributed by atoms with E-state index in [0.717, 1.165) is 11.7 Å². The summed E-state index contributed by atoms with van der Waals surface area (Å²) in [6, 6.07) is 0. The Labute approximate surface area is 99.2 Å². The maximum Gasteiger partial charge on any atom is 0.0286 e. The Morgan fingerprint density at radius 1 is 1.33 bits per heavy atom.